The van der Waals surface area contributed by atoms with Crippen LogP contribution in [0.1, 0.15) is 17.4 Å². The maximum Gasteiger partial charge on any atom is 0.355 e. The maximum absolute atomic E-state index is 12.2. The minimum Gasteiger partial charge on any atom is -0.448 e. The van der Waals surface area contributed by atoms with Crippen molar-refractivity contribution in [2.75, 3.05) is 5.32 Å². The van der Waals surface area contributed by atoms with Crippen LogP contribution in [0.5, 0.6) is 0 Å². The molecule has 0 bridgehead atoms. The van der Waals surface area contributed by atoms with E-state index in [1.54, 1.807) is 29.9 Å². The van der Waals surface area contributed by atoms with E-state index < -0.39 is 23.7 Å². The number of ether oxygens (including phenoxy) is 1. The standard InChI is InChI=1S/C16H16F2N2O3S/c1-10(23-15(22)13-4-3-9-20(13)2)14(21)19-11-5-7-12(8-6-11)24-16(17)18/h3-10,16H,1-2H3,(H,19,21)/t10-/m0/s1. The van der Waals surface area contributed by atoms with E-state index in [1.165, 1.54) is 31.2 Å². The lowest BCUT2D eigenvalue weighted by atomic mass is 10.3. The Morgan fingerprint density at radius 2 is 1.88 bits per heavy atom. The van der Waals surface area contributed by atoms with Crippen molar-refractivity contribution in [2.24, 2.45) is 7.05 Å². The smallest absolute Gasteiger partial charge is 0.355 e. The molecule has 1 aromatic heterocycles. The number of aromatic nitrogens is 1. The fraction of sp³-hybridized carbons (Fsp3) is 0.250. The number of esters is 1. The van der Waals surface area contributed by atoms with E-state index in [2.05, 4.69) is 5.32 Å². The summed E-state index contributed by atoms with van der Waals surface area (Å²) in [6.07, 6.45) is 0.697. The van der Waals surface area contributed by atoms with E-state index in [4.69, 9.17) is 4.74 Å². The van der Waals surface area contributed by atoms with Gasteiger partial charge in [-0.25, -0.2) is 4.79 Å². The van der Waals surface area contributed by atoms with Gasteiger partial charge in [-0.3, -0.25) is 4.79 Å². The number of benzene rings is 1. The van der Waals surface area contributed by atoms with Gasteiger partial charge in [-0.1, -0.05) is 11.8 Å². The molecule has 0 radical (unpaired) electrons. The highest BCUT2D eigenvalue weighted by Crippen LogP contribution is 2.26. The van der Waals surface area contributed by atoms with Crippen LogP contribution in [-0.4, -0.2) is 28.3 Å². The van der Waals surface area contributed by atoms with Gasteiger partial charge >= 0.3 is 5.97 Å². The Morgan fingerprint density at radius 1 is 1.21 bits per heavy atom. The molecule has 1 aromatic carbocycles. The van der Waals surface area contributed by atoms with Gasteiger partial charge in [-0.15, -0.1) is 0 Å². The molecule has 8 heteroatoms. The number of halogens is 2. The Balaban J connectivity index is 1.91. The molecule has 0 saturated heterocycles. The number of rotatable bonds is 6. The van der Waals surface area contributed by atoms with Crippen molar-refractivity contribution < 1.29 is 23.1 Å². The molecule has 5 nitrogen and oxygen atoms in total. The zero-order valence-corrected chi connectivity index (χ0v) is 13.8. The molecule has 1 N–H and O–H groups in total. The van der Waals surface area contributed by atoms with Crippen molar-refractivity contribution in [3.05, 3.63) is 48.3 Å². The summed E-state index contributed by atoms with van der Waals surface area (Å²) in [4.78, 5) is 24.4. The zero-order chi connectivity index (χ0) is 17.7. The molecule has 1 amide bonds. The minimum absolute atomic E-state index is 0.336. The Kier molecular flexibility index (Phi) is 5.97. The summed E-state index contributed by atoms with van der Waals surface area (Å²) in [5, 5.41) is 2.57. The lowest BCUT2D eigenvalue weighted by Gasteiger charge is -2.14. The van der Waals surface area contributed by atoms with Crippen LogP contribution in [0.25, 0.3) is 0 Å². The molecule has 0 aliphatic rings. The van der Waals surface area contributed by atoms with E-state index >= 15 is 0 Å². The Morgan fingerprint density at radius 3 is 2.42 bits per heavy atom. The predicted molar refractivity (Wildman–Crippen MR) is 87.2 cm³/mol. The van der Waals surface area contributed by atoms with E-state index in [0.717, 1.165) is 0 Å². The third-order valence-corrected chi connectivity index (χ3v) is 3.88. The Hall–Kier alpha value is -2.35. The van der Waals surface area contributed by atoms with Gasteiger partial charge in [0.2, 0.25) is 0 Å². The van der Waals surface area contributed by atoms with Crippen LogP contribution in [0.15, 0.2) is 47.5 Å². The number of carbonyl (C=O) groups excluding carboxylic acids is 2. The van der Waals surface area contributed by atoms with Gasteiger partial charge in [-0.05, 0) is 43.3 Å². The second kappa shape index (κ2) is 7.96. The monoisotopic (exact) mass is 354 g/mol. The average molecular weight is 354 g/mol. The highest BCUT2D eigenvalue weighted by Gasteiger charge is 2.20. The molecule has 2 aromatic rings. The summed E-state index contributed by atoms with van der Waals surface area (Å²) in [6.45, 7) is 1.46. The number of amides is 1. The van der Waals surface area contributed by atoms with Crippen LogP contribution in [0, 0.1) is 0 Å². The van der Waals surface area contributed by atoms with Crippen molar-refractivity contribution in [3.63, 3.8) is 0 Å². The van der Waals surface area contributed by atoms with Gasteiger partial charge < -0.3 is 14.6 Å². The Bertz CT molecular complexity index is 716. The summed E-state index contributed by atoms with van der Waals surface area (Å²) >= 11 is 0.423. The molecule has 1 atom stereocenters. The number of hydrogen-bond donors (Lipinski definition) is 1. The number of aryl methyl sites for hydroxylation is 1. The topological polar surface area (TPSA) is 60.3 Å². The molecule has 0 saturated carbocycles. The first-order valence-electron chi connectivity index (χ1n) is 7.05. The third-order valence-electron chi connectivity index (χ3n) is 3.15. The van der Waals surface area contributed by atoms with E-state index in [9.17, 15) is 18.4 Å². The molecule has 2 rings (SSSR count). The van der Waals surface area contributed by atoms with Gasteiger partial charge in [-0.2, -0.15) is 8.78 Å². The van der Waals surface area contributed by atoms with Gasteiger partial charge in [0.25, 0.3) is 11.7 Å². The molecular weight excluding hydrogens is 338 g/mol. The van der Waals surface area contributed by atoms with Crippen molar-refractivity contribution in [2.45, 2.75) is 23.7 Å². The normalized spacial score (nSPS) is 12.0. The fourth-order valence-corrected chi connectivity index (χ4v) is 2.41. The highest BCUT2D eigenvalue weighted by atomic mass is 32.2. The molecule has 24 heavy (non-hydrogen) atoms. The van der Waals surface area contributed by atoms with E-state index in [1.807, 2.05) is 0 Å². The number of anilines is 1. The number of thioether (sulfide) groups is 1. The summed E-state index contributed by atoms with van der Waals surface area (Å²) < 4.78 is 31.2. The molecule has 0 unspecified atom stereocenters. The summed E-state index contributed by atoms with van der Waals surface area (Å²) in [7, 11) is 1.69. The van der Waals surface area contributed by atoms with Crippen molar-refractivity contribution >= 4 is 29.3 Å². The summed E-state index contributed by atoms with van der Waals surface area (Å²) in [6, 6.07) is 9.26. The molecule has 128 valence electrons. The highest BCUT2D eigenvalue weighted by molar-refractivity contribution is 7.99. The third kappa shape index (κ3) is 4.82. The largest absolute Gasteiger partial charge is 0.448 e. The number of nitrogens with zero attached hydrogens (tertiary/aromatic N) is 1. The second-order valence-electron chi connectivity index (χ2n) is 4.94. The van der Waals surface area contributed by atoms with Gasteiger partial charge in [0.1, 0.15) is 5.69 Å². The van der Waals surface area contributed by atoms with Crippen molar-refractivity contribution in [1.29, 1.82) is 0 Å². The average Bonchev–Trinajstić information content (AvgIpc) is 2.94. The second-order valence-corrected chi connectivity index (χ2v) is 6.01. The van der Waals surface area contributed by atoms with Crippen LogP contribution >= 0.6 is 11.8 Å². The van der Waals surface area contributed by atoms with E-state index in [-0.39, 0.29) is 0 Å². The number of carbonyl (C=O) groups is 2. The molecule has 0 aliphatic heterocycles. The number of nitrogens with one attached hydrogen (secondary N) is 1. The molecule has 1 heterocycles. The Labute approximate surface area is 142 Å². The van der Waals surface area contributed by atoms with E-state index in [0.29, 0.717) is 28.0 Å². The fourth-order valence-electron chi connectivity index (χ4n) is 1.91. The molecule has 0 fully saturated rings. The lowest BCUT2D eigenvalue weighted by Crippen LogP contribution is -2.30. The SMILES string of the molecule is C[C@H](OC(=O)c1cccn1C)C(=O)Nc1ccc(SC(F)F)cc1. The number of hydrogen-bond acceptors (Lipinski definition) is 4. The van der Waals surface area contributed by atoms with Crippen molar-refractivity contribution in [3.8, 4) is 0 Å². The van der Waals surface area contributed by atoms with Gasteiger partial charge in [0, 0.05) is 23.8 Å². The molecule has 0 aliphatic carbocycles. The maximum atomic E-state index is 12.2. The predicted octanol–water partition coefficient (Wildman–Crippen LogP) is 3.52. The summed E-state index contributed by atoms with van der Waals surface area (Å²) in [5.41, 5.74) is 0.767. The first-order chi connectivity index (χ1) is 11.4. The first-order valence-corrected chi connectivity index (χ1v) is 7.93. The van der Waals surface area contributed by atoms with Gasteiger partial charge in [0.05, 0.1) is 0 Å². The van der Waals surface area contributed by atoms with Crippen LogP contribution in [0.4, 0.5) is 14.5 Å². The van der Waals surface area contributed by atoms with Crippen LogP contribution in [0.3, 0.4) is 0 Å². The van der Waals surface area contributed by atoms with Crippen LogP contribution in [-0.2, 0) is 16.6 Å². The molecular formula is C16H16F2N2O3S. The number of alkyl halides is 2. The zero-order valence-electron chi connectivity index (χ0n) is 13.0. The lowest BCUT2D eigenvalue weighted by molar-refractivity contribution is -0.123. The van der Waals surface area contributed by atoms with Crippen LogP contribution in [0.2, 0.25) is 0 Å². The van der Waals surface area contributed by atoms with Crippen LogP contribution < -0.4 is 5.32 Å². The van der Waals surface area contributed by atoms with Crippen molar-refractivity contribution in [1.82, 2.24) is 4.57 Å². The minimum atomic E-state index is -2.50. The quantitative estimate of drug-likeness (QED) is 0.637. The van der Waals surface area contributed by atoms with Gasteiger partial charge in [0.15, 0.2) is 6.10 Å². The first kappa shape index (κ1) is 18.0. The summed E-state index contributed by atoms with van der Waals surface area (Å²) in [5.74, 6) is -3.61. The molecule has 0 spiro atoms.